The molecule has 0 aromatic carbocycles. The average Bonchev–Trinajstić information content (AvgIpc) is 2.79. The van der Waals surface area contributed by atoms with Gasteiger partial charge < -0.3 is 15.2 Å². The molecule has 2 aliphatic heterocycles. The van der Waals surface area contributed by atoms with Crippen LogP contribution in [0.5, 0.6) is 0 Å². The standard InChI is InChI=1S/C14H18BrN3O2/c1-18(11-5-9-2-3-10(6-11)17-9)14(20)8-4-12(15)13(19)16-7-8/h4,7,9-11,17H,2-3,5-6H2,1H3,(H,16,19). The van der Waals surface area contributed by atoms with Gasteiger partial charge in [0.25, 0.3) is 11.5 Å². The number of nitrogens with one attached hydrogen (secondary N) is 2. The number of nitrogens with zero attached hydrogens (tertiary/aromatic N) is 1. The molecule has 5 nitrogen and oxygen atoms in total. The van der Waals surface area contributed by atoms with Gasteiger partial charge in [0.15, 0.2) is 0 Å². The summed E-state index contributed by atoms with van der Waals surface area (Å²) >= 11 is 3.16. The Bertz CT molecular complexity index is 574. The van der Waals surface area contributed by atoms with Gasteiger partial charge in [0.05, 0.1) is 10.0 Å². The van der Waals surface area contributed by atoms with Gasteiger partial charge in [0.1, 0.15) is 0 Å². The van der Waals surface area contributed by atoms with E-state index in [9.17, 15) is 9.59 Å². The molecule has 1 aromatic rings. The minimum Gasteiger partial charge on any atom is -0.339 e. The van der Waals surface area contributed by atoms with Gasteiger partial charge in [-0.15, -0.1) is 0 Å². The number of fused-ring (bicyclic) bond motifs is 2. The van der Waals surface area contributed by atoms with Crippen LogP contribution < -0.4 is 10.9 Å². The van der Waals surface area contributed by atoms with Gasteiger partial charge in [0.2, 0.25) is 0 Å². The summed E-state index contributed by atoms with van der Waals surface area (Å²) in [6.07, 6.45) is 5.95. The molecule has 2 fully saturated rings. The second kappa shape index (κ2) is 5.33. The number of rotatable bonds is 2. The monoisotopic (exact) mass is 339 g/mol. The molecule has 2 unspecified atom stereocenters. The van der Waals surface area contributed by atoms with E-state index < -0.39 is 0 Å². The van der Waals surface area contributed by atoms with Crippen LogP contribution in [0.25, 0.3) is 0 Å². The zero-order valence-corrected chi connectivity index (χ0v) is 12.9. The van der Waals surface area contributed by atoms with Crippen molar-refractivity contribution in [2.75, 3.05) is 7.05 Å². The van der Waals surface area contributed by atoms with Gasteiger partial charge in [-0.25, -0.2) is 0 Å². The van der Waals surface area contributed by atoms with Crippen molar-refractivity contribution < 1.29 is 4.79 Å². The highest BCUT2D eigenvalue weighted by atomic mass is 79.9. The fourth-order valence-corrected chi connectivity index (χ4v) is 3.65. The van der Waals surface area contributed by atoms with Crippen LogP contribution in [0.3, 0.4) is 0 Å². The van der Waals surface area contributed by atoms with Crippen molar-refractivity contribution in [2.24, 2.45) is 0 Å². The Kier molecular flexibility index (Phi) is 3.69. The minimum absolute atomic E-state index is 0.0340. The second-order valence-electron chi connectivity index (χ2n) is 5.74. The molecule has 3 rings (SSSR count). The van der Waals surface area contributed by atoms with E-state index in [1.54, 1.807) is 6.07 Å². The highest BCUT2D eigenvalue weighted by Gasteiger charge is 2.36. The van der Waals surface area contributed by atoms with Crippen molar-refractivity contribution in [2.45, 2.75) is 43.8 Å². The van der Waals surface area contributed by atoms with Crippen molar-refractivity contribution in [3.8, 4) is 0 Å². The van der Waals surface area contributed by atoms with Crippen LogP contribution in [0, 0.1) is 0 Å². The quantitative estimate of drug-likeness (QED) is 0.857. The van der Waals surface area contributed by atoms with Gasteiger partial charge in [0, 0.05) is 31.4 Å². The highest BCUT2D eigenvalue weighted by Crippen LogP contribution is 2.29. The number of carbonyl (C=O) groups excluding carboxylic acids is 1. The fraction of sp³-hybridized carbons (Fsp3) is 0.571. The third-order valence-corrected chi connectivity index (χ3v) is 5.01. The van der Waals surface area contributed by atoms with Crippen molar-refractivity contribution in [1.82, 2.24) is 15.2 Å². The number of carbonyl (C=O) groups is 1. The Balaban J connectivity index is 1.76. The molecule has 3 heterocycles. The smallest absolute Gasteiger partial charge is 0.262 e. The van der Waals surface area contributed by atoms with Gasteiger partial charge >= 0.3 is 0 Å². The first-order chi connectivity index (χ1) is 9.54. The summed E-state index contributed by atoms with van der Waals surface area (Å²) in [5.41, 5.74) is 0.300. The number of hydrogen-bond donors (Lipinski definition) is 2. The van der Waals surface area contributed by atoms with Gasteiger partial charge in [-0.05, 0) is 47.7 Å². The van der Waals surface area contributed by atoms with Crippen molar-refractivity contribution >= 4 is 21.8 Å². The molecule has 108 valence electrons. The van der Waals surface area contributed by atoms with E-state index in [0.717, 1.165) is 12.8 Å². The Morgan fingerprint density at radius 3 is 2.60 bits per heavy atom. The third kappa shape index (κ3) is 2.54. The second-order valence-corrected chi connectivity index (χ2v) is 6.60. The summed E-state index contributed by atoms with van der Waals surface area (Å²) in [6.45, 7) is 0. The largest absolute Gasteiger partial charge is 0.339 e. The molecule has 1 aromatic heterocycles. The maximum atomic E-state index is 12.5. The predicted octanol–water partition coefficient (Wildman–Crippen LogP) is 1.49. The first-order valence-electron chi connectivity index (χ1n) is 6.96. The molecule has 0 spiro atoms. The number of aromatic nitrogens is 1. The summed E-state index contributed by atoms with van der Waals surface area (Å²) in [4.78, 5) is 28.2. The SMILES string of the molecule is CN(C(=O)c1c[nH]c(=O)c(Br)c1)C1CC2CCC(C1)N2. The molecule has 2 aliphatic rings. The van der Waals surface area contributed by atoms with Crippen LogP contribution in [-0.4, -0.2) is 41.0 Å². The third-order valence-electron chi connectivity index (χ3n) is 4.42. The summed E-state index contributed by atoms with van der Waals surface area (Å²) in [5, 5.41) is 3.58. The number of aromatic amines is 1. The fourth-order valence-electron chi connectivity index (χ4n) is 3.29. The molecule has 0 aliphatic carbocycles. The predicted molar refractivity (Wildman–Crippen MR) is 79.8 cm³/mol. The van der Waals surface area contributed by atoms with Gasteiger partial charge in [-0.2, -0.15) is 0 Å². The maximum absolute atomic E-state index is 12.5. The van der Waals surface area contributed by atoms with E-state index in [1.165, 1.54) is 19.0 Å². The van der Waals surface area contributed by atoms with E-state index in [1.807, 2.05) is 11.9 Å². The first-order valence-corrected chi connectivity index (χ1v) is 7.75. The summed E-state index contributed by atoms with van der Waals surface area (Å²) in [6, 6.07) is 2.98. The van der Waals surface area contributed by atoms with E-state index in [2.05, 4.69) is 26.2 Å². The molecule has 2 N–H and O–H groups in total. The van der Waals surface area contributed by atoms with Crippen LogP contribution >= 0.6 is 15.9 Å². The molecule has 6 heteroatoms. The topological polar surface area (TPSA) is 65.2 Å². The van der Waals surface area contributed by atoms with E-state index >= 15 is 0 Å². The number of amides is 1. The number of H-pyrrole nitrogens is 1. The zero-order valence-electron chi connectivity index (χ0n) is 11.4. The van der Waals surface area contributed by atoms with Crippen LogP contribution in [0.1, 0.15) is 36.0 Å². The lowest BCUT2D eigenvalue weighted by molar-refractivity contribution is 0.0681. The van der Waals surface area contributed by atoms with Crippen LogP contribution in [-0.2, 0) is 0 Å². The molecular formula is C14H18BrN3O2. The Hall–Kier alpha value is -1.14. The molecule has 2 saturated heterocycles. The van der Waals surface area contributed by atoms with Crippen molar-refractivity contribution in [3.63, 3.8) is 0 Å². The average molecular weight is 340 g/mol. The number of halogens is 1. The lowest BCUT2D eigenvalue weighted by Gasteiger charge is -2.35. The lowest BCUT2D eigenvalue weighted by Crippen LogP contribution is -2.48. The summed E-state index contributed by atoms with van der Waals surface area (Å²) in [7, 11) is 1.86. The van der Waals surface area contributed by atoms with E-state index in [-0.39, 0.29) is 17.5 Å². The maximum Gasteiger partial charge on any atom is 0.262 e. The number of piperidine rings is 1. The van der Waals surface area contributed by atoms with Gasteiger partial charge in [-0.3, -0.25) is 9.59 Å². The van der Waals surface area contributed by atoms with Crippen molar-refractivity contribution in [3.05, 3.63) is 32.7 Å². The van der Waals surface area contributed by atoms with Gasteiger partial charge in [-0.1, -0.05) is 0 Å². The Morgan fingerprint density at radius 2 is 2.00 bits per heavy atom. The molecule has 2 bridgehead atoms. The summed E-state index contributed by atoms with van der Waals surface area (Å²) < 4.78 is 0.391. The molecule has 0 saturated carbocycles. The number of pyridine rings is 1. The molecular weight excluding hydrogens is 322 g/mol. The lowest BCUT2D eigenvalue weighted by atomic mass is 9.98. The Labute approximate surface area is 125 Å². The normalized spacial score (nSPS) is 28.4. The molecule has 2 atom stereocenters. The van der Waals surface area contributed by atoms with Crippen LogP contribution in [0.2, 0.25) is 0 Å². The minimum atomic E-state index is -0.218. The van der Waals surface area contributed by atoms with Crippen LogP contribution in [0.4, 0.5) is 0 Å². The first kappa shape index (κ1) is 13.8. The van der Waals surface area contributed by atoms with Crippen LogP contribution in [0.15, 0.2) is 21.5 Å². The zero-order chi connectivity index (χ0) is 14.3. The molecule has 1 amide bonds. The highest BCUT2D eigenvalue weighted by molar-refractivity contribution is 9.10. The molecule has 20 heavy (non-hydrogen) atoms. The number of hydrogen-bond acceptors (Lipinski definition) is 3. The van der Waals surface area contributed by atoms with E-state index in [4.69, 9.17) is 0 Å². The Morgan fingerprint density at radius 1 is 1.35 bits per heavy atom. The summed E-state index contributed by atoms with van der Waals surface area (Å²) in [5.74, 6) is -0.0340. The molecule has 0 radical (unpaired) electrons. The van der Waals surface area contributed by atoms with Crippen molar-refractivity contribution in [1.29, 1.82) is 0 Å². The van der Waals surface area contributed by atoms with E-state index in [0.29, 0.717) is 22.1 Å².